The molecule has 0 saturated carbocycles. The summed E-state index contributed by atoms with van der Waals surface area (Å²) < 4.78 is -0.470. The second-order valence-corrected chi connectivity index (χ2v) is 8.74. The van der Waals surface area contributed by atoms with Crippen LogP contribution in [0.5, 0.6) is 0 Å². The summed E-state index contributed by atoms with van der Waals surface area (Å²) >= 11 is 1.50. The van der Waals surface area contributed by atoms with Crippen LogP contribution in [0.3, 0.4) is 0 Å². The van der Waals surface area contributed by atoms with Gasteiger partial charge in [0.25, 0.3) is 0 Å². The Labute approximate surface area is 135 Å². The predicted octanol–water partition coefficient (Wildman–Crippen LogP) is 1.33. The molecule has 1 aliphatic heterocycles. The van der Waals surface area contributed by atoms with E-state index < -0.39 is 10.8 Å². The van der Waals surface area contributed by atoms with Crippen LogP contribution >= 0.6 is 11.8 Å². The fraction of sp³-hybridized carbons (Fsp3) is 0.667. The van der Waals surface area contributed by atoms with Gasteiger partial charge in [-0.05, 0) is 19.9 Å². The summed E-state index contributed by atoms with van der Waals surface area (Å²) in [6.45, 7) is 10.4. The van der Waals surface area contributed by atoms with Crippen molar-refractivity contribution in [3.05, 3.63) is 17.5 Å². The summed E-state index contributed by atoms with van der Waals surface area (Å²) in [6.07, 6.45) is 0. The Balaban J connectivity index is 1.88. The molecule has 0 radical (unpaired) electrons. The molecule has 1 aliphatic rings. The van der Waals surface area contributed by atoms with Crippen LogP contribution in [-0.4, -0.2) is 38.6 Å². The first-order chi connectivity index (χ1) is 10.1. The van der Waals surface area contributed by atoms with E-state index >= 15 is 0 Å². The van der Waals surface area contributed by atoms with Crippen molar-refractivity contribution in [2.45, 2.75) is 57.4 Å². The zero-order valence-electron chi connectivity index (χ0n) is 13.7. The summed E-state index contributed by atoms with van der Waals surface area (Å²) in [5.74, 6) is 0.324. The minimum absolute atomic E-state index is 0.0294. The first-order valence-corrected chi connectivity index (χ1v) is 8.35. The first kappa shape index (κ1) is 16.9. The number of aromatic nitrogens is 2. The zero-order chi connectivity index (χ0) is 16.5. The Hall–Kier alpha value is -1.50. The smallest absolute Gasteiger partial charge is 0.243 e. The Kier molecular flexibility index (Phi) is 4.56. The lowest BCUT2D eigenvalue weighted by molar-refractivity contribution is -0.129. The number of H-pyrrole nitrogens is 1. The SMILES string of the molecule is CC1(C)SC[C@H](C(=O)NCc2cc(C(C)(C)C)n[nH]2)NC1=O. The number of nitrogens with zero attached hydrogens (tertiary/aromatic N) is 1. The molecule has 22 heavy (non-hydrogen) atoms. The monoisotopic (exact) mass is 324 g/mol. The third-order valence-corrected chi connectivity index (χ3v) is 5.04. The fourth-order valence-corrected chi connectivity index (χ4v) is 3.02. The summed E-state index contributed by atoms with van der Waals surface area (Å²) in [7, 11) is 0. The third kappa shape index (κ3) is 3.82. The molecule has 3 N–H and O–H groups in total. The van der Waals surface area contributed by atoms with Gasteiger partial charge in [0.2, 0.25) is 11.8 Å². The number of hydrogen-bond acceptors (Lipinski definition) is 4. The molecule has 1 fully saturated rings. The number of rotatable bonds is 3. The largest absolute Gasteiger partial charge is 0.349 e. The van der Waals surface area contributed by atoms with Gasteiger partial charge in [0.15, 0.2) is 0 Å². The highest BCUT2D eigenvalue weighted by atomic mass is 32.2. The maximum absolute atomic E-state index is 12.2. The van der Waals surface area contributed by atoms with Gasteiger partial charge in [-0.3, -0.25) is 14.7 Å². The summed E-state index contributed by atoms with van der Waals surface area (Å²) in [5, 5.41) is 12.8. The van der Waals surface area contributed by atoms with Crippen LogP contribution in [0.2, 0.25) is 0 Å². The summed E-state index contributed by atoms with van der Waals surface area (Å²) in [6, 6.07) is 1.48. The highest BCUT2D eigenvalue weighted by Gasteiger charge is 2.37. The van der Waals surface area contributed by atoms with Crippen molar-refractivity contribution in [2.24, 2.45) is 0 Å². The van der Waals surface area contributed by atoms with Crippen LogP contribution in [0.15, 0.2) is 6.07 Å². The topological polar surface area (TPSA) is 86.9 Å². The lowest BCUT2D eigenvalue weighted by atomic mass is 9.92. The minimum Gasteiger partial charge on any atom is -0.349 e. The van der Waals surface area contributed by atoms with Crippen molar-refractivity contribution in [1.29, 1.82) is 0 Å². The Bertz CT molecular complexity index is 574. The van der Waals surface area contributed by atoms with E-state index in [1.807, 2.05) is 19.9 Å². The number of carbonyl (C=O) groups is 2. The zero-order valence-corrected chi connectivity index (χ0v) is 14.6. The normalized spacial score (nSPS) is 21.3. The van der Waals surface area contributed by atoms with E-state index in [0.717, 1.165) is 11.4 Å². The molecule has 6 nitrogen and oxygen atoms in total. The highest BCUT2D eigenvalue weighted by Crippen LogP contribution is 2.29. The molecule has 2 heterocycles. The summed E-state index contributed by atoms with van der Waals surface area (Å²) in [5.41, 5.74) is 1.78. The number of amides is 2. The fourth-order valence-electron chi connectivity index (χ4n) is 2.01. The van der Waals surface area contributed by atoms with Crippen LogP contribution in [0.4, 0.5) is 0 Å². The van der Waals surface area contributed by atoms with Gasteiger partial charge in [-0.25, -0.2) is 0 Å². The molecule has 2 rings (SSSR count). The molecule has 2 amide bonds. The lowest BCUT2D eigenvalue weighted by Crippen LogP contribution is -2.57. The minimum atomic E-state index is -0.476. The number of thioether (sulfide) groups is 1. The van der Waals surface area contributed by atoms with Gasteiger partial charge < -0.3 is 10.6 Å². The van der Waals surface area contributed by atoms with Crippen molar-refractivity contribution in [3.63, 3.8) is 0 Å². The van der Waals surface area contributed by atoms with E-state index in [1.165, 1.54) is 11.8 Å². The molecule has 1 atom stereocenters. The van der Waals surface area contributed by atoms with Gasteiger partial charge in [0, 0.05) is 11.2 Å². The maximum Gasteiger partial charge on any atom is 0.243 e. The second kappa shape index (κ2) is 5.95. The molecule has 1 aromatic heterocycles. The Morgan fingerprint density at radius 1 is 1.50 bits per heavy atom. The van der Waals surface area contributed by atoms with Gasteiger partial charge in [0.1, 0.15) is 6.04 Å². The van der Waals surface area contributed by atoms with E-state index in [4.69, 9.17) is 0 Å². The van der Waals surface area contributed by atoms with Crippen molar-refractivity contribution in [2.75, 3.05) is 5.75 Å². The molecule has 122 valence electrons. The van der Waals surface area contributed by atoms with Crippen molar-refractivity contribution >= 4 is 23.6 Å². The quantitative estimate of drug-likeness (QED) is 0.783. The number of aromatic amines is 1. The Morgan fingerprint density at radius 2 is 2.18 bits per heavy atom. The van der Waals surface area contributed by atoms with Crippen LogP contribution in [0, 0.1) is 0 Å². The molecule has 0 aliphatic carbocycles. The molecule has 0 aromatic carbocycles. The standard InChI is InChI=1S/C15H24N4O2S/c1-14(2,3)11-6-9(18-19-11)7-16-12(20)10-8-22-15(4,5)13(21)17-10/h6,10H,7-8H2,1-5H3,(H,16,20)(H,17,21)(H,18,19)/t10-/m1/s1. The van der Waals surface area contributed by atoms with Crippen LogP contribution in [-0.2, 0) is 21.5 Å². The van der Waals surface area contributed by atoms with Crippen molar-refractivity contribution < 1.29 is 9.59 Å². The highest BCUT2D eigenvalue weighted by molar-refractivity contribution is 8.01. The number of carbonyl (C=O) groups excluding carboxylic acids is 2. The van der Waals surface area contributed by atoms with Gasteiger partial charge in [-0.15, -0.1) is 11.8 Å². The molecule has 0 spiro atoms. The van der Waals surface area contributed by atoms with Crippen LogP contribution in [0.25, 0.3) is 0 Å². The predicted molar refractivity (Wildman–Crippen MR) is 87.6 cm³/mol. The molecule has 1 saturated heterocycles. The van der Waals surface area contributed by atoms with Gasteiger partial charge in [0.05, 0.1) is 22.7 Å². The Morgan fingerprint density at radius 3 is 2.73 bits per heavy atom. The molecular formula is C15H24N4O2S. The van der Waals surface area contributed by atoms with E-state index in [1.54, 1.807) is 0 Å². The van der Waals surface area contributed by atoms with E-state index in [0.29, 0.717) is 12.3 Å². The molecule has 7 heteroatoms. The average Bonchev–Trinajstić information content (AvgIpc) is 2.88. The van der Waals surface area contributed by atoms with Crippen molar-refractivity contribution in [3.8, 4) is 0 Å². The average molecular weight is 324 g/mol. The van der Waals surface area contributed by atoms with Crippen LogP contribution < -0.4 is 10.6 Å². The van der Waals surface area contributed by atoms with E-state index in [-0.39, 0.29) is 17.2 Å². The molecule has 1 aromatic rings. The maximum atomic E-state index is 12.2. The van der Waals surface area contributed by atoms with E-state index in [2.05, 4.69) is 41.6 Å². The first-order valence-electron chi connectivity index (χ1n) is 7.37. The molecule has 0 bridgehead atoms. The number of nitrogens with one attached hydrogen (secondary N) is 3. The van der Waals surface area contributed by atoms with E-state index in [9.17, 15) is 9.59 Å². The molecular weight excluding hydrogens is 300 g/mol. The third-order valence-electron chi connectivity index (χ3n) is 3.63. The van der Waals surface area contributed by atoms with Gasteiger partial charge in [-0.2, -0.15) is 5.10 Å². The molecule has 0 unspecified atom stereocenters. The van der Waals surface area contributed by atoms with Gasteiger partial charge >= 0.3 is 0 Å². The van der Waals surface area contributed by atoms with Gasteiger partial charge in [-0.1, -0.05) is 20.8 Å². The van der Waals surface area contributed by atoms with Crippen molar-refractivity contribution in [1.82, 2.24) is 20.8 Å². The summed E-state index contributed by atoms with van der Waals surface area (Å²) in [4.78, 5) is 24.0. The van der Waals surface area contributed by atoms with Crippen LogP contribution in [0.1, 0.15) is 46.0 Å². The lowest BCUT2D eigenvalue weighted by Gasteiger charge is -2.32. The second-order valence-electron chi connectivity index (χ2n) is 7.09. The number of hydrogen-bond donors (Lipinski definition) is 3.